The van der Waals surface area contributed by atoms with Crippen molar-refractivity contribution in [1.29, 1.82) is 0 Å². The summed E-state index contributed by atoms with van der Waals surface area (Å²) in [5.74, 6) is 1.48. The molecule has 0 saturated carbocycles. The van der Waals surface area contributed by atoms with E-state index in [1.165, 1.54) is 62.7 Å². The minimum absolute atomic E-state index is 0.629. The Labute approximate surface area is 173 Å². The molecule has 4 heterocycles. The number of nitrogens with zero attached hydrogens (tertiary/aromatic N) is 2. The number of fused-ring (bicyclic) bond motifs is 2. The number of aromatic amines is 1. The lowest BCUT2D eigenvalue weighted by Gasteiger charge is -2.40. The van der Waals surface area contributed by atoms with Gasteiger partial charge < -0.3 is 9.64 Å². The number of halogens is 1. The molecule has 1 N–H and O–H groups in total. The molecule has 4 nitrogen and oxygen atoms in total. The molecular formula is C23H32ClN3O. The molecule has 0 unspecified atom stereocenters. The average Bonchev–Trinajstić information content (AvgIpc) is 3.18. The molecule has 0 amide bonds. The summed E-state index contributed by atoms with van der Waals surface area (Å²) in [4.78, 5) is 2.45. The predicted molar refractivity (Wildman–Crippen MR) is 117 cm³/mol. The van der Waals surface area contributed by atoms with Gasteiger partial charge in [-0.2, -0.15) is 5.10 Å². The van der Waals surface area contributed by atoms with E-state index in [2.05, 4.69) is 28.1 Å². The van der Waals surface area contributed by atoms with Gasteiger partial charge in [0, 0.05) is 24.6 Å². The molecule has 0 radical (unpaired) electrons. The van der Waals surface area contributed by atoms with Gasteiger partial charge >= 0.3 is 0 Å². The standard InChI is InChI=1S/C23H32ClN3O/c1-2-3-4-5-6-7-8-15-28-18-9-10-19(20(24)16-18)22-23-21(25-26-22)17-11-13-27(23)14-12-17/h9-10,16-17H,2-8,11-15H2,1H3,(H,25,26). The van der Waals surface area contributed by atoms with Gasteiger partial charge in [0.2, 0.25) is 0 Å². The van der Waals surface area contributed by atoms with E-state index in [0.717, 1.165) is 43.1 Å². The van der Waals surface area contributed by atoms with Crippen LogP contribution < -0.4 is 9.64 Å². The van der Waals surface area contributed by atoms with Crippen LogP contribution in [0.15, 0.2) is 18.2 Å². The Morgan fingerprint density at radius 3 is 2.61 bits per heavy atom. The topological polar surface area (TPSA) is 41.1 Å². The molecule has 5 rings (SSSR count). The van der Waals surface area contributed by atoms with Crippen LogP contribution in [-0.2, 0) is 0 Å². The van der Waals surface area contributed by atoms with Crippen LogP contribution in [-0.4, -0.2) is 29.9 Å². The fourth-order valence-electron chi connectivity index (χ4n) is 4.56. The van der Waals surface area contributed by atoms with Crippen molar-refractivity contribution in [1.82, 2.24) is 10.2 Å². The van der Waals surface area contributed by atoms with E-state index in [1.54, 1.807) is 0 Å². The van der Waals surface area contributed by atoms with Gasteiger partial charge in [-0.15, -0.1) is 0 Å². The highest BCUT2D eigenvalue weighted by Crippen LogP contribution is 2.47. The SMILES string of the molecule is CCCCCCCCCOc1ccc(-c2n[nH]c3c2N2CCC3CC2)c(Cl)c1. The Kier molecular flexibility index (Phi) is 6.46. The molecule has 5 heteroatoms. The first-order valence-electron chi connectivity index (χ1n) is 11.0. The summed E-state index contributed by atoms with van der Waals surface area (Å²) in [7, 11) is 0. The van der Waals surface area contributed by atoms with E-state index in [0.29, 0.717) is 10.9 Å². The Morgan fingerprint density at radius 2 is 1.86 bits per heavy atom. The van der Waals surface area contributed by atoms with Gasteiger partial charge in [0.1, 0.15) is 11.4 Å². The van der Waals surface area contributed by atoms with E-state index >= 15 is 0 Å². The smallest absolute Gasteiger partial charge is 0.120 e. The predicted octanol–water partition coefficient (Wildman–Crippen LogP) is 6.56. The number of rotatable bonds is 10. The molecule has 3 aliphatic heterocycles. The third kappa shape index (κ3) is 4.17. The molecule has 1 aromatic carbocycles. The molecule has 1 aromatic heterocycles. The van der Waals surface area contributed by atoms with Crippen molar-refractivity contribution in [3.8, 4) is 17.0 Å². The molecule has 1 fully saturated rings. The summed E-state index contributed by atoms with van der Waals surface area (Å²) < 4.78 is 5.93. The third-order valence-electron chi connectivity index (χ3n) is 6.20. The molecule has 3 aliphatic rings. The second kappa shape index (κ2) is 9.21. The van der Waals surface area contributed by atoms with Crippen molar-refractivity contribution < 1.29 is 4.74 Å². The molecule has 2 aromatic rings. The maximum Gasteiger partial charge on any atom is 0.120 e. The van der Waals surface area contributed by atoms with Crippen molar-refractivity contribution in [3.63, 3.8) is 0 Å². The number of ether oxygens (including phenoxy) is 1. The lowest BCUT2D eigenvalue weighted by molar-refractivity contribution is 0.304. The number of hydrogen-bond donors (Lipinski definition) is 1. The second-order valence-corrected chi connectivity index (χ2v) is 8.61. The zero-order chi connectivity index (χ0) is 19.3. The Bertz CT molecular complexity index is 780. The number of piperidine rings is 1. The first-order chi connectivity index (χ1) is 13.8. The lowest BCUT2D eigenvalue weighted by atomic mass is 9.86. The maximum absolute atomic E-state index is 6.62. The van der Waals surface area contributed by atoms with Gasteiger partial charge in [-0.1, -0.05) is 57.0 Å². The number of aromatic nitrogens is 2. The number of nitrogens with one attached hydrogen (secondary N) is 1. The number of anilines is 1. The summed E-state index contributed by atoms with van der Waals surface area (Å²) in [5.41, 5.74) is 4.54. The van der Waals surface area contributed by atoms with Crippen LogP contribution in [0.2, 0.25) is 5.02 Å². The first kappa shape index (κ1) is 19.6. The fraction of sp³-hybridized carbons (Fsp3) is 0.609. The van der Waals surface area contributed by atoms with Crippen molar-refractivity contribution in [2.75, 3.05) is 24.6 Å². The van der Waals surface area contributed by atoms with Crippen LogP contribution in [0.4, 0.5) is 5.69 Å². The molecule has 28 heavy (non-hydrogen) atoms. The van der Waals surface area contributed by atoms with E-state index in [9.17, 15) is 0 Å². The van der Waals surface area contributed by atoms with Crippen molar-refractivity contribution in [2.24, 2.45) is 0 Å². The minimum Gasteiger partial charge on any atom is -0.494 e. The molecule has 0 spiro atoms. The number of H-pyrrole nitrogens is 1. The van der Waals surface area contributed by atoms with Crippen LogP contribution >= 0.6 is 11.6 Å². The Morgan fingerprint density at radius 1 is 1.11 bits per heavy atom. The molecule has 2 bridgehead atoms. The van der Waals surface area contributed by atoms with E-state index in [1.807, 2.05) is 12.1 Å². The van der Waals surface area contributed by atoms with Crippen LogP contribution in [0.3, 0.4) is 0 Å². The summed E-state index contributed by atoms with van der Waals surface area (Å²) >= 11 is 6.62. The fourth-order valence-corrected chi connectivity index (χ4v) is 4.82. The molecule has 0 atom stereocenters. The zero-order valence-corrected chi connectivity index (χ0v) is 17.7. The maximum atomic E-state index is 6.62. The second-order valence-electron chi connectivity index (χ2n) is 8.21. The summed E-state index contributed by atoms with van der Waals surface area (Å²) in [6.45, 7) is 5.27. The molecular weight excluding hydrogens is 370 g/mol. The van der Waals surface area contributed by atoms with Crippen molar-refractivity contribution in [2.45, 2.75) is 70.6 Å². The largest absolute Gasteiger partial charge is 0.494 e. The highest BCUT2D eigenvalue weighted by molar-refractivity contribution is 6.33. The van der Waals surface area contributed by atoms with Crippen LogP contribution in [0.1, 0.15) is 76.3 Å². The van der Waals surface area contributed by atoms with E-state index in [-0.39, 0.29) is 0 Å². The number of benzene rings is 1. The van der Waals surface area contributed by atoms with Gasteiger partial charge in [0.15, 0.2) is 0 Å². The van der Waals surface area contributed by atoms with Gasteiger partial charge in [0.05, 0.1) is 23.0 Å². The first-order valence-corrected chi connectivity index (χ1v) is 11.4. The molecule has 1 saturated heterocycles. The quantitative estimate of drug-likeness (QED) is 0.458. The zero-order valence-electron chi connectivity index (χ0n) is 17.0. The average molecular weight is 402 g/mol. The number of hydrogen-bond acceptors (Lipinski definition) is 3. The van der Waals surface area contributed by atoms with Crippen LogP contribution in [0.5, 0.6) is 5.75 Å². The minimum atomic E-state index is 0.629. The third-order valence-corrected chi connectivity index (χ3v) is 6.51. The monoisotopic (exact) mass is 401 g/mol. The van der Waals surface area contributed by atoms with E-state index in [4.69, 9.17) is 16.3 Å². The van der Waals surface area contributed by atoms with Crippen LogP contribution in [0.25, 0.3) is 11.3 Å². The van der Waals surface area contributed by atoms with Crippen molar-refractivity contribution >= 4 is 17.3 Å². The Balaban J connectivity index is 1.33. The molecule has 0 aliphatic carbocycles. The Hall–Kier alpha value is -1.68. The summed E-state index contributed by atoms with van der Waals surface area (Å²) in [6, 6.07) is 6.03. The normalized spacial score (nSPS) is 15.9. The van der Waals surface area contributed by atoms with Crippen LogP contribution in [0, 0.1) is 0 Å². The summed E-state index contributed by atoms with van der Waals surface area (Å²) in [6.07, 6.45) is 11.5. The van der Waals surface area contributed by atoms with Crippen molar-refractivity contribution in [3.05, 3.63) is 28.9 Å². The van der Waals surface area contributed by atoms with Gasteiger partial charge in [-0.25, -0.2) is 0 Å². The van der Waals surface area contributed by atoms with Gasteiger partial charge in [-0.3, -0.25) is 5.10 Å². The van der Waals surface area contributed by atoms with Gasteiger partial charge in [0.25, 0.3) is 0 Å². The van der Waals surface area contributed by atoms with E-state index < -0.39 is 0 Å². The highest BCUT2D eigenvalue weighted by atomic mass is 35.5. The summed E-state index contributed by atoms with van der Waals surface area (Å²) in [5, 5.41) is 8.62. The lowest BCUT2D eigenvalue weighted by Crippen LogP contribution is -2.38. The number of unbranched alkanes of at least 4 members (excludes halogenated alkanes) is 6. The van der Waals surface area contributed by atoms with Gasteiger partial charge in [-0.05, 0) is 37.5 Å². The molecule has 152 valence electrons. The highest BCUT2D eigenvalue weighted by Gasteiger charge is 2.35.